The van der Waals surface area contributed by atoms with Crippen LogP contribution >= 0.6 is 0 Å². The lowest BCUT2D eigenvalue weighted by Gasteiger charge is -2.08. The van der Waals surface area contributed by atoms with Crippen molar-refractivity contribution in [2.75, 3.05) is 13.2 Å². The van der Waals surface area contributed by atoms with Crippen molar-refractivity contribution in [2.24, 2.45) is 0 Å². The number of carbonyl (C=O) groups is 2. The number of aliphatic hydroxyl groups excluding tert-OH is 2. The summed E-state index contributed by atoms with van der Waals surface area (Å²) in [7, 11) is 0. The van der Waals surface area contributed by atoms with Crippen molar-refractivity contribution >= 4 is 11.9 Å². The van der Waals surface area contributed by atoms with Gasteiger partial charge in [0.25, 0.3) is 0 Å². The van der Waals surface area contributed by atoms with Gasteiger partial charge in [0.05, 0.1) is 18.9 Å². The quantitative estimate of drug-likeness (QED) is 0.468. The van der Waals surface area contributed by atoms with Crippen molar-refractivity contribution in [1.82, 2.24) is 0 Å². The predicted molar refractivity (Wildman–Crippen MR) is 45.5 cm³/mol. The van der Waals surface area contributed by atoms with Crippen LogP contribution in [0.1, 0.15) is 19.3 Å². The van der Waals surface area contributed by atoms with E-state index in [0.29, 0.717) is 0 Å². The predicted octanol–water partition coefficient (Wildman–Crippen LogP) is -0.862. The third-order valence-corrected chi connectivity index (χ3v) is 1.44. The normalized spacial score (nSPS) is 12.1. The third-order valence-electron chi connectivity index (χ3n) is 1.44. The molecule has 6 heteroatoms. The van der Waals surface area contributed by atoms with Crippen molar-refractivity contribution in [3.05, 3.63) is 0 Å². The summed E-state index contributed by atoms with van der Waals surface area (Å²) >= 11 is 0. The van der Waals surface area contributed by atoms with Crippen LogP contribution in [0.4, 0.5) is 0 Å². The minimum atomic E-state index is -1.07. The Morgan fingerprint density at radius 1 is 1.29 bits per heavy atom. The molecule has 0 aromatic heterocycles. The summed E-state index contributed by atoms with van der Waals surface area (Å²) in [5, 5.41) is 25.7. The number of carboxylic acid groups (broad SMARTS) is 1. The standard InChI is InChI=1S/C8H14O6/c9-4-3-6(10)5-14-8(13)2-1-7(11)12/h6,9-10H,1-5H2,(H,11,12). The molecule has 14 heavy (non-hydrogen) atoms. The Kier molecular flexibility index (Phi) is 6.69. The molecule has 0 saturated carbocycles. The zero-order valence-electron chi connectivity index (χ0n) is 7.68. The first kappa shape index (κ1) is 12.9. The summed E-state index contributed by atoms with van der Waals surface area (Å²) < 4.78 is 4.54. The molecule has 6 nitrogen and oxygen atoms in total. The largest absolute Gasteiger partial charge is 0.481 e. The first-order valence-corrected chi connectivity index (χ1v) is 4.22. The van der Waals surface area contributed by atoms with Crippen molar-refractivity contribution in [3.63, 3.8) is 0 Å². The second-order valence-corrected chi connectivity index (χ2v) is 2.74. The molecule has 0 spiro atoms. The molecule has 0 aliphatic carbocycles. The molecular formula is C8H14O6. The fraction of sp³-hybridized carbons (Fsp3) is 0.750. The van der Waals surface area contributed by atoms with E-state index in [0.717, 1.165) is 0 Å². The topological polar surface area (TPSA) is 104 Å². The third kappa shape index (κ3) is 7.51. The number of hydrogen-bond donors (Lipinski definition) is 3. The number of aliphatic carboxylic acids is 1. The van der Waals surface area contributed by atoms with Gasteiger partial charge >= 0.3 is 11.9 Å². The molecule has 0 aliphatic rings. The van der Waals surface area contributed by atoms with Gasteiger partial charge in [0.15, 0.2) is 0 Å². The van der Waals surface area contributed by atoms with Gasteiger partial charge in [-0.1, -0.05) is 0 Å². The summed E-state index contributed by atoms with van der Waals surface area (Å²) in [6, 6.07) is 0. The molecule has 82 valence electrons. The number of carboxylic acids is 1. The van der Waals surface area contributed by atoms with E-state index in [1.807, 2.05) is 0 Å². The average Bonchev–Trinajstić information content (AvgIpc) is 2.12. The van der Waals surface area contributed by atoms with Crippen LogP contribution in [0.2, 0.25) is 0 Å². The van der Waals surface area contributed by atoms with Gasteiger partial charge in [-0.05, 0) is 6.42 Å². The number of rotatable bonds is 7. The van der Waals surface area contributed by atoms with E-state index >= 15 is 0 Å². The number of aliphatic hydroxyl groups is 2. The van der Waals surface area contributed by atoms with Crippen molar-refractivity contribution < 1.29 is 29.6 Å². The van der Waals surface area contributed by atoms with Gasteiger partial charge in [-0.3, -0.25) is 9.59 Å². The molecule has 0 aliphatic heterocycles. The van der Waals surface area contributed by atoms with E-state index in [2.05, 4.69) is 4.74 Å². The van der Waals surface area contributed by atoms with E-state index in [1.165, 1.54) is 0 Å². The first-order valence-electron chi connectivity index (χ1n) is 4.22. The fourth-order valence-electron chi connectivity index (χ4n) is 0.703. The molecule has 0 heterocycles. The smallest absolute Gasteiger partial charge is 0.306 e. The molecule has 0 fully saturated rings. The maximum Gasteiger partial charge on any atom is 0.306 e. The van der Waals surface area contributed by atoms with Crippen LogP contribution in [0.15, 0.2) is 0 Å². The minimum absolute atomic E-state index is 0.131. The van der Waals surface area contributed by atoms with E-state index in [-0.39, 0.29) is 32.5 Å². The summed E-state index contributed by atoms with van der Waals surface area (Å²) in [6.45, 7) is -0.396. The molecule has 1 atom stereocenters. The molecule has 0 bridgehead atoms. The zero-order valence-corrected chi connectivity index (χ0v) is 7.68. The molecule has 0 amide bonds. The Morgan fingerprint density at radius 2 is 1.93 bits per heavy atom. The zero-order chi connectivity index (χ0) is 11.0. The summed E-state index contributed by atoms with van der Waals surface area (Å²) in [5.74, 6) is -1.73. The second-order valence-electron chi connectivity index (χ2n) is 2.74. The van der Waals surface area contributed by atoms with Crippen LogP contribution < -0.4 is 0 Å². The Labute approximate surface area is 81.1 Å². The van der Waals surface area contributed by atoms with Crippen molar-refractivity contribution in [1.29, 1.82) is 0 Å². The van der Waals surface area contributed by atoms with Gasteiger partial charge in [0, 0.05) is 6.61 Å². The van der Waals surface area contributed by atoms with Gasteiger partial charge in [0.2, 0.25) is 0 Å². The maximum absolute atomic E-state index is 10.8. The van der Waals surface area contributed by atoms with E-state index in [1.54, 1.807) is 0 Å². The Bertz CT molecular complexity index is 190. The summed E-state index contributed by atoms with van der Waals surface area (Å²) in [5.41, 5.74) is 0. The van der Waals surface area contributed by atoms with Crippen molar-refractivity contribution in [2.45, 2.75) is 25.4 Å². The highest BCUT2D eigenvalue weighted by molar-refractivity contribution is 5.76. The summed E-state index contributed by atoms with van der Waals surface area (Å²) in [6.07, 6.45) is -1.25. The maximum atomic E-state index is 10.8. The molecule has 0 aromatic carbocycles. The molecule has 1 unspecified atom stereocenters. The molecule has 0 aromatic rings. The van der Waals surface area contributed by atoms with E-state index < -0.39 is 18.0 Å². The lowest BCUT2D eigenvalue weighted by molar-refractivity contribution is -0.150. The lowest BCUT2D eigenvalue weighted by atomic mass is 10.3. The van der Waals surface area contributed by atoms with E-state index in [4.69, 9.17) is 15.3 Å². The van der Waals surface area contributed by atoms with Crippen LogP contribution in [0, 0.1) is 0 Å². The van der Waals surface area contributed by atoms with Gasteiger partial charge < -0.3 is 20.1 Å². The first-order chi connectivity index (χ1) is 6.56. The Hall–Kier alpha value is -1.14. The highest BCUT2D eigenvalue weighted by Crippen LogP contribution is 1.96. The van der Waals surface area contributed by atoms with Crippen LogP contribution in [-0.4, -0.2) is 46.6 Å². The fourth-order valence-corrected chi connectivity index (χ4v) is 0.703. The molecule has 0 radical (unpaired) electrons. The van der Waals surface area contributed by atoms with Crippen LogP contribution in [0.5, 0.6) is 0 Å². The Balaban J connectivity index is 3.48. The monoisotopic (exact) mass is 206 g/mol. The van der Waals surface area contributed by atoms with Gasteiger partial charge in [-0.15, -0.1) is 0 Å². The molecule has 0 rings (SSSR count). The van der Waals surface area contributed by atoms with Gasteiger partial charge in [-0.2, -0.15) is 0 Å². The summed E-state index contributed by atoms with van der Waals surface area (Å²) in [4.78, 5) is 20.9. The van der Waals surface area contributed by atoms with Gasteiger partial charge in [0.1, 0.15) is 6.61 Å². The van der Waals surface area contributed by atoms with E-state index in [9.17, 15) is 9.59 Å². The highest BCUT2D eigenvalue weighted by atomic mass is 16.5. The lowest BCUT2D eigenvalue weighted by Crippen LogP contribution is -2.20. The van der Waals surface area contributed by atoms with Gasteiger partial charge in [-0.25, -0.2) is 0 Å². The number of ether oxygens (including phenoxy) is 1. The van der Waals surface area contributed by atoms with Crippen LogP contribution in [0.25, 0.3) is 0 Å². The molecule has 3 N–H and O–H groups in total. The van der Waals surface area contributed by atoms with Crippen LogP contribution in [0.3, 0.4) is 0 Å². The highest BCUT2D eigenvalue weighted by Gasteiger charge is 2.09. The second kappa shape index (κ2) is 7.28. The molecule has 0 saturated heterocycles. The minimum Gasteiger partial charge on any atom is -0.481 e. The van der Waals surface area contributed by atoms with Crippen LogP contribution in [-0.2, 0) is 14.3 Å². The SMILES string of the molecule is O=C(O)CCC(=O)OCC(O)CCO. The number of carbonyl (C=O) groups excluding carboxylic acids is 1. The average molecular weight is 206 g/mol. The number of hydrogen-bond acceptors (Lipinski definition) is 5. The van der Waals surface area contributed by atoms with Crippen molar-refractivity contribution in [3.8, 4) is 0 Å². The molecular weight excluding hydrogens is 192 g/mol. The number of esters is 1. The Morgan fingerprint density at radius 3 is 2.43 bits per heavy atom.